The fraction of sp³-hybridized carbons (Fsp3) is 0.400. The van der Waals surface area contributed by atoms with Crippen LogP contribution in [0.3, 0.4) is 0 Å². The Kier molecular flexibility index (Phi) is 5.63. The van der Waals surface area contributed by atoms with Gasteiger partial charge >= 0.3 is 0 Å². The molecule has 0 saturated carbocycles. The Balaban J connectivity index is 1.44. The Morgan fingerprint density at radius 2 is 2.07 bits per heavy atom. The lowest BCUT2D eigenvalue weighted by Crippen LogP contribution is -3.14. The predicted octanol–water partition coefficient (Wildman–Crippen LogP) is 1.68. The van der Waals surface area contributed by atoms with Crippen molar-refractivity contribution in [1.82, 2.24) is 9.47 Å². The normalized spacial score (nSPS) is 20.3. The van der Waals surface area contributed by atoms with Crippen LogP contribution in [0.2, 0.25) is 0 Å². The van der Waals surface area contributed by atoms with Gasteiger partial charge in [0.25, 0.3) is 5.91 Å². The first-order valence-corrected chi connectivity index (χ1v) is 10.6. The lowest BCUT2D eigenvalue weighted by molar-refractivity contribution is -0.908. The predicted molar refractivity (Wildman–Crippen MR) is 114 cm³/mol. The van der Waals surface area contributed by atoms with Crippen LogP contribution in [0.15, 0.2) is 35.4 Å². The average Bonchev–Trinajstić information content (AvgIpc) is 3.14. The highest BCUT2D eigenvalue weighted by molar-refractivity contribution is 8.26. The van der Waals surface area contributed by atoms with Crippen molar-refractivity contribution < 1.29 is 14.4 Å². The first kappa shape index (κ1) is 18.7. The van der Waals surface area contributed by atoms with Gasteiger partial charge in [-0.1, -0.05) is 42.2 Å². The topological polar surface area (TPSA) is 38.9 Å². The van der Waals surface area contributed by atoms with Gasteiger partial charge in [0.15, 0.2) is 0 Å². The number of amides is 1. The third-order valence-corrected chi connectivity index (χ3v) is 6.58. The fourth-order valence-electron chi connectivity index (χ4n) is 3.72. The molecule has 2 aliphatic rings. The Morgan fingerprint density at radius 3 is 2.89 bits per heavy atom. The number of thiocarbonyl (C=S) groups is 1. The molecule has 3 heterocycles. The molecule has 2 aliphatic heterocycles. The molecule has 1 amide bonds. The first-order chi connectivity index (χ1) is 13.1. The molecule has 0 unspecified atom stereocenters. The van der Waals surface area contributed by atoms with Crippen molar-refractivity contribution in [1.29, 1.82) is 0 Å². The number of carbonyl (C=O) groups excluding carboxylic acids is 1. The molecular weight excluding hydrogens is 378 g/mol. The molecule has 27 heavy (non-hydrogen) atoms. The number of benzene rings is 1. The van der Waals surface area contributed by atoms with Gasteiger partial charge in [0.05, 0.1) is 24.7 Å². The minimum atomic E-state index is 0.0370. The largest absolute Gasteiger partial charge is 0.370 e. The van der Waals surface area contributed by atoms with E-state index in [9.17, 15) is 4.79 Å². The van der Waals surface area contributed by atoms with Gasteiger partial charge in [-0.15, -0.1) is 0 Å². The molecule has 2 aromatic rings. The van der Waals surface area contributed by atoms with Crippen molar-refractivity contribution in [2.45, 2.75) is 6.42 Å². The van der Waals surface area contributed by atoms with Gasteiger partial charge in [0.2, 0.25) is 0 Å². The molecule has 0 radical (unpaired) electrons. The Labute approximate surface area is 168 Å². The quantitative estimate of drug-likeness (QED) is 0.610. The molecule has 2 fully saturated rings. The summed E-state index contributed by atoms with van der Waals surface area (Å²) < 4.78 is 8.16. The number of nitrogens with one attached hydrogen (secondary N) is 1. The van der Waals surface area contributed by atoms with Crippen LogP contribution >= 0.6 is 24.0 Å². The molecule has 142 valence electrons. The molecule has 4 rings (SSSR count). The summed E-state index contributed by atoms with van der Waals surface area (Å²) in [5.74, 6) is 0.0370. The number of carbonyl (C=O) groups is 1. The number of aryl methyl sites for hydroxylation is 1. The van der Waals surface area contributed by atoms with Crippen LogP contribution in [0.1, 0.15) is 12.0 Å². The fourth-order valence-corrected chi connectivity index (χ4v) is 5.02. The van der Waals surface area contributed by atoms with E-state index in [1.807, 2.05) is 25.3 Å². The van der Waals surface area contributed by atoms with E-state index in [4.69, 9.17) is 17.0 Å². The maximum absolute atomic E-state index is 12.9. The number of para-hydroxylation sites is 1. The lowest BCUT2D eigenvalue weighted by atomic mass is 10.1. The van der Waals surface area contributed by atoms with Crippen LogP contribution in [-0.4, -0.2) is 59.1 Å². The van der Waals surface area contributed by atoms with E-state index in [2.05, 4.69) is 22.9 Å². The highest BCUT2D eigenvalue weighted by Crippen LogP contribution is 2.34. The van der Waals surface area contributed by atoms with E-state index in [0.717, 1.165) is 60.6 Å². The number of rotatable bonds is 5. The van der Waals surface area contributed by atoms with Gasteiger partial charge in [0, 0.05) is 42.7 Å². The van der Waals surface area contributed by atoms with Crippen LogP contribution in [0.25, 0.3) is 17.0 Å². The van der Waals surface area contributed by atoms with Crippen molar-refractivity contribution in [2.24, 2.45) is 7.05 Å². The maximum Gasteiger partial charge on any atom is 0.266 e. The molecule has 1 aromatic heterocycles. The van der Waals surface area contributed by atoms with Crippen LogP contribution < -0.4 is 4.90 Å². The number of fused-ring (bicyclic) bond motifs is 1. The van der Waals surface area contributed by atoms with Gasteiger partial charge in [-0.05, 0) is 12.1 Å². The Morgan fingerprint density at radius 1 is 1.30 bits per heavy atom. The van der Waals surface area contributed by atoms with E-state index in [0.29, 0.717) is 10.9 Å². The van der Waals surface area contributed by atoms with Gasteiger partial charge in [-0.25, -0.2) is 0 Å². The molecule has 0 atom stereocenters. The smallest absolute Gasteiger partial charge is 0.266 e. The molecule has 0 spiro atoms. The SMILES string of the molecule is Cn1cc(/C=C2\SC(=S)N(CCC[NH+]3CCOCC3)C2=O)c2ccccc21. The molecule has 0 aliphatic carbocycles. The second-order valence-corrected chi connectivity index (χ2v) is 8.69. The van der Waals surface area contributed by atoms with Gasteiger partial charge in [0.1, 0.15) is 17.4 Å². The summed E-state index contributed by atoms with van der Waals surface area (Å²) in [6.07, 6.45) is 5.01. The lowest BCUT2D eigenvalue weighted by Gasteiger charge is -2.24. The molecule has 7 heteroatoms. The minimum absolute atomic E-state index is 0.0370. The van der Waals surface area contributed by atoms with Crippen LogP contribution in [0.5, 0.6) is 0 Å². The average molecular weight is 403 g/mol. The molecule has 5 nitrogen and oxygen atoms in total. The van der Waals surface area contributed by atoms with Gasteiger partial charge in [-0.2, -0.15) is 0 Å². The number of quaternary nitrogens is 1. The van der Waals surface area contributed by atoms with Crippen molar-refractivity contribution in [3.05, 3.63) is 40.9 Å². The summed E-state index contributed by atoms with van der Waals surface area (Å²) in [4.78, 5) is 16.9. The van der Waals surface area contributed by atoms with E-state index >= 15 is 0 Å². The first-order valence-electron chi connectivity index (χ1n) is 9.34. The second kappa shape index (κ2) is 8.14. The summed E-state index contributed by atoms with van der Waals surface area (Å²) in [5, 5.41) is 1.15. The zero-order chi connectivity index (χ0) is 18.8. The van der Waals surface area contributed by atoms with Gasteiger partial charge < -0.3 is 14.2 Å². The zero-order valence-corrected chi connectivity index (χ0v) is 17.1. The van der Waals surface area contributed by atoms with E-state index in [1.54, 1.807) is 9.80 Å². The van der Waals surface area contributed by atoms with Crippen LogP contribution in [0, 0.1) is 0 Å². The summed E-state index contributed by atoms with van der Waals surface area (Å²) in [6, 6.07) is 8.24. The number of ether oxygens (including phenoxy) is 1. The molecule has 0 bridgehead atoms. The summed E-state index contributed by atoms with van der Waals surface area (Å²) in [6.45, 7) is 5.54. The molecule has 1 N–H and O–H groups in total. The van der Waals surface area contributed by atoms with Crippen molar-refractivity contribution in [3.8, 4) is 0 Å². The second-order valence-electron chi connectivity index (χ2n) is 7.01. The number of hydrogen-bond acceptors (Lipinski definition) is 4. The summed E-state index contributed by atoms with van der Waals surface area (Å²) in [7, 11) is 2.03. The molecule has 1 aromatic carbocycles. The highest BCUT2D eigenvalue weighted by Gasteiger charge is 2.32. The Hall–Kier alpha value is -1.67. The molecular formula is C20H24N3O2S2+. The standard InChI is InChI=1S/C20H23N3O2S2/c1-21-14-15(16-5-2-3-6-17(16)21)13-18-19(24)23(20(26)27-18)8-4-7-22-9-11-25-12-10-22/h2-3,5-6,13-14H,4,7-12H2,1H3/p+1/b18-13-. The number of thioether (sulfide) groups is 1. The zero-order valence-electron chi connectivity index (χ0n) is 15.4. The number of morpholine rings is 1. The summed E-state index contributed by atoms with van der Waals surface area (Å²) >= 11 is 6.89. The van der Waals surface area contributed by atoms with Crippen molar-refractivity contribution in [2.75, 3.05) is 39.4 Å². The minimum Gasteiger partial charge on any atom is -0.370 e. The highest BCUT2D eigenvalue weighted by atomic mass is 32.2. The van der Waals surface area contributed by atoms with Gasteiger partial charge in [-0.3, -0.25) is 9.69 Å². The van der Waals surface area contributed by atoms with Crippen molar-refractivity contribution in [3.63, 3.8) is 0 Å². The monoisotopic (exact) mass is 402 g/mol. The van der Waals surface area contributed by atoms with Crippen molar-refractivity contribution >= 4 is 51.2 Å². The summed E-state index contributed by atoms with van der Waals surface area (Å²) in [5.41, 5.74) is 2.22. The Bertz CT molecular complexity index is 900. The number of hydrogen-bond donors (Lipinski definition) is 1. The van der Waals surface area contributed by atoms with E-state index in [1.165, 1.54) is 11.8 Å². The molecule has 2 saturated heterocycles. The third kappa shape index (κ3) is 3.96. The van der Waals surface area contributed by atoms with E-state index in [-0.39, 0.29) is 5.91 Å². The van der Waals surface area contributed by atoms with Crippen LogP contribution in [0.4, 0.5) is 0 Å². The number of nitrogens with zero attached hydrogens (tertiary/aromatic N) is 2. The van der Waals surface area contributed by atoms with E-state index < -0.39 is 0 Å². The van der Waals surface area contributed by atoms with Crippen LogP contribution in [-0.2, 0) is 16.6 Å². The third-order valence-electron chi connectivity index (χ3n) is 5.20. The number of aromatic nitrogens is 1. The maximum atomic E-state index is 12.9.